The molecule has 1 aliphatic heterocycles. The Balaban J connectivity index is 1.63. The number of nitrogens with zero attached hydrogens (tertiary/aromatic N) is 1. The molecule has 0 saturated heterocycles. The van der Waals surface area contributed by atoms with Crippen molar-refractivity contribution in [2.75, 3.05) is 17.2 Å². The predicted molar refractivity (Wildman–Crippen MR) is 118 cm³/mol. The number of carbonyl (C=O) groups excluding carboxylic acids is 1. The van der Waals surface area contributed by atoms with E-state index in [9.17, 15) is 4.79 Å². The van der Waals surface area contributed by atoms with Crippen LogP contribution in [-0.2, 0) is 11.2 Å². The second kappa shape index (κ2) is 7.97. The molecule has 1 heterocycles. The molecule has 3 aromatic carbocycles. The number of benzene rings is 3. The van der Waals surface area contributed by atoms with Crippen LogP contribution in [0.15, 0.2) is 54.6 Å². The third-order valence-electron chi connectivity index (χ3n) is 5.13. The Morgan fingerprint density at radius 2 is 1.76 bits per heavy atom. The molecule has 0 bridgehead atoms. The van der Waals surface area contributed by atoms with Crippen LogP contribution in [0.1, 0.15) is 22.7 Å². The van der Waals surface area contributed by atoms with Gasteiger partial charge in [-0.05, 0) is 60.9 Å². The van der Waals surface area contributed by atoms with Gasteiger partial charge in [0.2, 0.25) is 0 Å². The number of halogens is 2. The minimum atomic E-state index is -0.334. The molecule has 6 heteroatoms. The van der Waals surface area contributed by atoms with Crippen molar-refractivity contribution in [1.82, 2.24) is 0 Å². The smallest absolute Gasteiger partial charge is 0.164 e. The van der Waals surface area contributed by atoms with Crippen LogP contribution in [0.4, 0.5) is 11.4 Å². The molecule has 3 aromatic rings. The van der Waals surface area contributed by atoms with Crippen LogP contribution in [0.25, 0.3) is 0 Å². The first-order valence-corrected chi connectivity index (χ1v) is 10.1. The summed E-state index contributed by atoms with van der Waals surface area (Å²) in [5.74, 6) is 0.984. The van der Waals surface area contributed by atoms with E-state index in [1.807, 2.05) is 25.1 Å². The normalized spacial score (nSPS) is 15.7. The van der Waals surface area contributed by atoms with Crippen molar-refractivity contribution in [2.24, 2.45) is 0 Å². The Bertz CT molecular complexity index is 1040. The van der Waals surface area contributed by atoms with Crippen LogP contribution in [0.2, 0.25) is 10.0 Å². The Morgan fingerprint density at radius 3 is 2.41 bits per heavy atom. The third kappa shape index (κ3) is 3.91. The largest absolute Gasteiger partial charge is 0.454 e. The molecule has 0 saturated carbocycles. The summed E-state index contributed by atoms with van der Waals surface area (Å²) in [5.41, 5.74) is 10.5. The van der Waals surface area contributed by atoms with Crippen LogP contribution in [0.3, 0.4) is 0 Å². The maximum atomic E-state index is 12.0. The fraction of sp³-hybridized carbons (Fsp3) is 0.174. The molecule has 0 fully saturated rings. The van der Waals surface area contributed by atoms with Crippen molar-refractivity contribution in [3.63, 3.8) is 0 Å². The van der Waals surface area contributed by atoms with Crippen molar-refractivity contribution in [1.29, 1.82) is 0 Å². The first-order chi connectivity index (χ1) is 14.0. The standard InChI is InChI=1S/C23H20Cl2N2O2/c1-14-2-4-17(5-3-14)27-9-8-15-10-18(6-7-19(15)22(27)13-28)29-23-20(24)11-16(26)12-21(23)25/h2-7,10-13,22H,8-9,26H2,1H3. The van der Waals surface area contributed by atoms with E-state index in [1.165, 1.54) is 5.56 Å². The Labute approximate surface area is 179 Å². The zero-order chi connectivity index (χ0) is 20.5. The molecule has 1 atom stereocenters. The topological polar surface area (TPSA) is 55.6 Å². The van der Waals surface area contributed by atoms with Crippen molar-refractivity contribution in [3.8, 4) is 11.5 Å². The minimum Gasteiger partial charge on any atom is -0.454 e. The summed E-state index contributed by atoms with van der Waals surface area (Å²) in [6.07, 6.45) is 1.79. The third-order valence-corrected chi connectivity index (χ3v) is 5.69. The maximum absolute atomic E-state index is 12.0. The first kappa shape index (κ1) is 19.6. The summed E-state index contributed by atoms with van der Waals surface area (Å²) < 4.78 is 5.93. The summed E-state index contributed by atoms with van der Waals surface area (Å²) in [5, 5.41) is 0.702. The van der Waals surface area contributed by atoms with Gasteiger partial charge in [-0.25, -0.2) is 0 Å². The van der Waals surface area contributed by atoms with Crippen molar-refractivity contribution >= 4 is 40.9 Å². The molecule has 0 aliphatic carbocycles. The molecule has 4 nitrogen and oxygen atoms in total. The zero-order valence-corrected chi connectivity index (χ0v) is 17.4. The highest BCUT2D eigenvalue weighted by Gasteiger charge is 2.27. The van der Waals surface area contributed by atoms with Gasteiger partial charge >= 0.3 is 0 Å². The second-order valence-electron chi connectivity index (χ2n) is 7.14. The summed E-state index contributed by atoms with van der Waals surface area (Å²) in [6.45, 7) is 2.79. The lowest BCUT2D eigenvalue weighted by molar-refractivity contribution is -0.109. The summed E-state index contributed by atoms with van der Waals surface area (Å²) in [7, 11) is 0. The van der Waals surface area contributed by atoms with Crippen molar-refractivity contribution in [2.45, 2.75) is 19.4 Å². The van der Waals surface area contributed by atoms with Gasteiger partial charge in [-0.15, -0.1) is 0 Å². The van der Waals surface area contributed by atoms with Gasteiger partial charge in [0.15, 0.2) is 5.75 Å². The molecule has 0 amide bonds. The van der Waals surface area contributed by atoms with E-state index in [0.29, 0.717) is 27.2 Å². The number of fused-ring (bicyclic) bond motifs is 1. The Kier molecular flexibility index (Phi) is 5.39. The average molecular weight is 427 g/mol. The number of ether oxygens (including phenoxy) is 1. The van der Waals surface area contributed by atoms with E-state index in [4.69, 9.17) is 33.7 Å². The van der Waals surface area contributed by atoms with E-state index in [0.717, 1.165) is 36.1 Å². The van der Waals surface area contributed by atoms with Gasteiger partial charge in [-0.2, -0.15) is 0 Å². The van der Waals surface area contributed by atoms with Crippen LogP contribution in [0.5, 0.6) is 11.5 Å². The quantitative estimate of drug-likeness (QED) is 0.411. The number of rotatable bonds is 4. The average Bonchev–Trinajstić information content (AvgIpc) is 2.70. The van der Waals surface area contributed by atoms with E-state index in [-0.39, 0.29) is 6.04 Å². The summed E-state index contributed by atoms with van der Waals surface area (Å²) in [4.78, 5) is 14.1. The molecule has 1 unspecified atom stereocenters. The van der Waals surface area contributed by atoms with Gasteiger partial charge in [-0.3, -0.25) is 0 Å². The lowest BCUT2D eigenvalue weighted by Crippen LogP contribution is -2.36. The summed E-state index contributed by atoms with van der Waals surface area (Å²) >= 11 is 12.5. The molecule has 148 valence electrons. The zero-order valence-electron chi connectivity index (χ0n) is 15.9. The first-order valence-electron chi connectivity index (χ1n) is 9.30. The lowest BCUT2D eigenvalue weighted by Gasteiger charge is -2.36. The van der Waals surface area contributed by atoms with Crippen LogP contribution in [0, 0.1) is 6.92 Å². The molecule has 0 spiro atoms. The second-order valence-corrected chi connectivity index (χ2v) is 7.95. The number of anilines is 2. The van der Waals surface area contributed by atoms with Crippen LogP contribution < -0.4 is 15.4 Å². The number of nitrogen functional groups attached to an aromatic ring is 1. The molecule has 1 aliphatic rings. The number of aldehydes is 1. The molecular weight excluding hydrogens is 407 g/mol. The molecule has 0 radical (unpaired) electrons. The van der Waals surface area contributed by atoms with Crippen molar-refractivity contribution < 1.29 is 9.53 Å². The predicted octanol–water partition coefficient (Wildman–Crippen LogP) is 5.98. The number of hydrogen-bond donors (Lipinski definition) is 1. The van der Waals surface area contributed by atoms with Gasteiger partial charge in [0.05, 0.1) is 10.0 Å². The van der Waals surface area contributed by atoms with Crippen LogP contribution in [-0.4, -0.2) is 12.8 Å². The fourth-order valence-electron chi connectivity index (χ4n) is 3.67. The maximum Gasteiger partial charge on any atom is 0.164 e. The Morgan fingerprint density at radius 1 is 1.07 bits per heavy atom. The Hall–Kier alpha value is -2.69. The molecule has 4 rings (SSSR count). The molecular formula is C23H20Cl2N2O2. The number of hydrogen-bond acceptors (Lipinski definition) is 4. The van der Waals surface area contributed by atoms with Gasteiger partial charge < -0.3 is 20.2 Å². The number of carbonyl (C=O) groups is 1. The van der Waals surface area contributed by atoms with E-state index >= 15 is 0 Å². The van der Waals surface area contributed by atoms with Gasteiger partial charge in [0, 0.05) is 17.9 Å². The highest BCUT2D eigenvalue weighted by atomic mass is 35.5. The van der Waals surface area contributed by atoms with E-state index in [2.05, 4.69) is 29.2 Å². The highest BCUT2D eigenvalue weighted by Crippen LogP contribution is 2.40. The highest BCUT2D eigenvalue weighted by molar-refractivity contribution is 6.37. The minimum absolute atomic E-state index is 0.334. The molecule has 0 aromatic heterocycles. The molecule has 29 heavy (non-hydrogen) atoms. The van der Waals surface area contributed by atoms with Crippen LogP contribution >= 0.6 is 23.2 Å². The molecule has 2 N–H and O–H groups in total. The van der Waals surface area contributed by atoms with Crippen molar-refractivity contribution in [3.05, 3.63) is 81.3 Å². The van der Waals surface area contributed by atoms with E-state index in [1.54, 1.807) is 12.1 Å². The lowest BCUT2D eigenvalue weighted by atomic mass is 9.92. The van der Waals surface area contributed by atoms with Gasteiger partial charge in [0.25, 0.3) is 0 Å². The fourth-order valence-corrected chi connectivity index (χ4v) is 4.25. The van der Waals surface area contributed by atoms with E-state index < -0.39 is 0 Å². The monoisotopic (exact) mass is 426 g/mol. The van der Waals surface area contributed by atoms with Gasteiger partial charge in [0.1, 0.15) is 18.1 Å². The number of aryl methyl sites for hydroxylation is 1. The summed E-state index contributed by atoms with van der Waals surface area (Å²) in [6, 6.07) is 16.8. The number of nitrogens with two attached hydrogens (primary N) is 1. The SMILES string of the molecule is Cc1ccc(N2CCc3cc(Oc4c(Cl)cc(N)cc4Cl)ccc3C2C=O)cc1. The van der Waals surface area contributed by atoms with Gasteiger partial charge in [-0.1, -0.05) is 47.0 Å².